The average Bonchev–Trinajstić information content (AvgIpc) is 3.14. The molecule has 2 heterocycles. The summed E-state index contributed by atoms with van der Waals surface area (Å²) < 4.78 is 17.7. The molecule has 0 aliphatic heterocycles. The molecular weight excluding hydrogens is 330 g/mol. The lowest BCUT2D eigenvalue weighted by Gasteiger charge is -2.14. The van der Waals surface area contributed by atoms with Gasteiger partial charge in [-0.3, -0.25) is 9.20 Å². The second kappa shape index (κ2) is 6.79. The molecule has 0 radical (unpaired) electrons. The first-order valence-electron chi connectivity index (χ1n) is 7.15. The number of imidazole rings is 1. The van der Waals surface area contributed by atoms with E-state index in [2.05, 4.69) is 10.3 Å². The Morgan fingerprint density at radius 1 is 1.21 bits per heavy atom. The van der Waals surface area contributed by atoms with E-state index in [0.717, 1.165) is 4.96 Å². The number of rotatable bonds is 6. The Morgan fingerprint density at radius 2 is 1.92 bits per heavy atom. The van der Waals surface area contributed by atoms with Crippen LogP contribution < -0.4 is 19.5 Å². The highest BCUT2D eigenvalue weighted by Gasteiger charge is 2.15. The van der Waals surface area contributed by atoms with Gasteiger partial charge >= 0.3 is 0 Å². The van der Waals surface area contributed by atoms with Crippen molar-refractivity contribution in [3.05, 3.63) is 35.6 Å². The summed E-state index contributed by atoms with van der Waals surface area (Å²) in [5, 5.41) is 4.77. The lowest BCUT2D eigenvalue weighted by molar-refractivity contribution is -0.115. The first-order valence-corrected chi connectivity index (χ1v) is 8.03. The number of methoxy groups -OCH3 is 3. The Hall–Kier alpha value is -2.74. The maximum absolute atomic E-state index is 12.3. The molecule has 0 saturated heterocycles. The number of nitrogens with zero attached hydrogens (tertiary/aromatic N) is 2. The van der Waals surface area contributed by atoms with Crippen molar-refractivity contribution in [3.8, 4) is 17.2 Å². The number of anilines is 1. The van der Waals surface area contributed by atoms with Gasteiger partial charge in [0.05, 0.1) is 33.4 Å². The number of hydrogen-bond acceptors (Lipinski definition) is 6. The number of nitrogens with one attached hydrogen (secondary N) is 1. The van der Waals surface area contributed by atoms with Crippen molar-refractivity contribution in [1.82, 2.24) is 9.38 Å². The Labute approximate surface area is 142 Å². The molecule has 0 saturated carbocycles. The van der Waals surface area contributed by atoms with Crippen molar-refractivity contribution in [2.45, 2.75) is 6.42 Å². The second-order valence-electron chi connectivity index (χ2n) is 4.96. The van der Waals surface area contributed by atoms with Crippen molar-refractivity contribution in [3.63, 3.8) is 0 Å². The minimum absolute atomic E-state index is 0.171. The molecule has 1 aromatic carbocycles. The van der Waals surface area contributed by atoms with Crippen LogP contribution in [0.1, 0.15) is 5.69 Å². The molecule has 1 N–H and O–H groups in total. The number of carbonyl (C=O) groups excluding carboxylic acids is 1. The molecule has 0 atom stereocenters. The largest absolute Gasteiger partial charge is 0.493 e. The Bertz CT molecular complexity index is 818. The van der Waals surface area contributed by atoms with E-state index in [-0.39, 0.29) is 12.3 Å². The predicted octanol–water partition coefficient (Wildman–Crippen LogP) is 2.60. The average molecular weight is 347 g/mol. The van der Waals surface area contributed by atoms with Crippen LogP contribution in [0.2, 0.25) is 0 Å². The van der Waals surface area contributed by atoms with Gasteiger partial charge < -0.3 is 19.5 Å². The van der Waals surface area contributed by atoms with Gasteiger partial charge in [-0.05, 0) is 0 Å². The number of benzene rings is 1. The van der Waals surface area contributed by atoms with Crippen LogP contribution in [0.25, 0.3) is 4.96 Å². The summed E-state index contributed by atoms with van der Waals surface area (Å²) in [5.74, 6) is 1.27. The molecule has 126 valence electrons. The molecule has 0 fully saturated rings. The van der Waals surface area contributed by atoms with E-state index in [1.165, 1.54) is 32.7 Å². The van der Waals surface area contributed by atoms with Gasteiger partial charge in [0.15, 0.2) is 16.5 Å². The van der Waals surface area contributed by atoms with Crippen LogP contribution in [0.3, 0.4) is 0 Å². The van der Waals surface area contributed by atoms with E-state index in [1.54, 1.807) is 12.1 Å². The van der Waals surface area contributed by atoms with E-state index >= 15 is 0 Å². The lowest BCUT2D eigenvalue weighted by atomic mass is 10.2. The molecule has 0 bridgehead atoms. The van der Waals surface area contributed by atoms with Gasteiger partial charge in [-0.2, -0.15) is 0 Å². The quantitative estimate of drug-likeness (QED) is 0.742. The number of thiazole rings is 1. The van der Waals surface area contributed by atoms with Crippen molar-refractivity contribution < 1.29 is 19.0 Å². The zero-order valence-corrected chi connectivity index (χ0v) is 14.3. The molecule has 0 aliphatic rings. The third-order valence-electron chi connectivity index (χ3n) is 3.43. The van der Waals surface area contributed by atoms with E-state index < -0.39 is 0 Å². The van der Waals surface area contributed by atoms with Crippen LogP contribution in [0.4, 0.5) is 5.69 Å². The van der Waals surface area contributed by atoms with Gasteiger partial charge in [0.2, 0.25) is 11.7 Å². The highest BCUT2D eigenvalue weighted by atomic mass is 32.1. The number of ether oxygens (including phenoxy) is 3. The van der Waals surface area contributed by atoms with Gasteiger partial charge in [0.1, 0.15) is 0 Å². The fourth-order valence-electron chi connectivity index (χ4n) is 2.38. The molecule has 2 aromatic heterocycles. The summed E-state index contributed by atoms with van der Waals surface area (Å²) in [7, 11) is 4.59. The van der Waals surface area contributed by atoms with Crippen molar-refractivity contribution >= 4 is 27.9 Å². The minimum Gasteiger partial charge on any atom is -0.493 e. The molecule has 8 heteroatoms. The van der Waals surface area contributed by atoms with Crippen LogP contribution in [0.15, 0.2) is 29.9 Å². The van der Waals surface area contributed by atoms with E-state index in [0.29, 0.717) is 28.6 Å². The van der Waals surface area contributed by atoms with Crippen LogP contribution in [0.5, 0.6) is 17.2 Å². The number of carbonyl (C=O) groups is 1. The number of aromatic nitrogens is 2. The first kappa shape index (κ1) is 16.1. The standard InChI is InChI=1S/C16H17N3O4S/c1-21-12-6-10(7-13(22-2)15(12)23-3)17-14(20)8-11-9-19-4-5-24-16(19)18-11/h4-7,9H,8H2,1-3H3,(H,17,20). The Kier molecular flexibility index (Phi) is 4.57. The monoisotopic (exact) mass is 347 g/mol. The van der Waals surface area contributed by atoms with E-state index in [4.69, 9.17) is 14.2 Å². The number of hydrogen-bond donors (Lipinski definition) is 1. The Morgan fingerprint density at radius 3 is 2.50 bits per heavy atom. The summed E-state index contributed by atoms with van der Waals surface area (Å²) >= 11 is 1.53. The van der Waals surface area contributed by atoms with Gasteiger partial charge in [-0.15, -0.1) is 11.3 Å². The predicted molar refractivity (Wildman–Crippen MR) is 91.5 cm³/mol. The molecule has 0 aliphatic carbocycles. The second-order valence-corrected chi connectivity index (χ2v) is 5.84. The minimum atomic E-state index is -0.171. The zero-order chi connectivity index (χ0) is 17.1. The van der Waals surface area contributed by atoms with Crippen molar-refractivity contribution in [2.24, 2.45) is 0 Å². The fourth-order valence-corrected chi connectivity index (χ4v) is 3.10. The third kappa shape index (κ3) is 3.13. The summed E-state index contributed by atoms with van der Waals surface area (Å²) in [4.78, 5) is 17.5. The van der Waals surface area contributed by atoms with E-state index in [9.17, 15) is 4.79 Å². The van der Waals surface area contributed by atoms with E-state index in [1.807, 2.05) is 22.2 Å². The highest BCUT2D eigenvalue weighted by molar-refractivity contribution is 7.15. The summed E-state index contributed by atoms with van der Waals surface area (Å²) in [6.45, 7) is 0. The lowest BCUT2D eigenvalue weighted by Crippen LogP contribution is -2.15. The fraction of sp³-hybridized carbons (Fsp3) is 0.250. The normalized spacial score (nSPS) is 10.6. The highest BCUT2D eigenvalue weighted by Crippen LogP contribution is 2.39. The topological polar surface area (TPSA) is 74.1 Å². The van der Waals surface area contributed by atoms with Gasteiger partial charge in [-0.25, -0.2) is 4.98 Å². The van der Waals surface area contributed by atoms with Crippen LogP contribution >= 0.6 is 11.3 Å². The summed E-state index contributed by atoms with van der Waals surface area (Å²) in [6, 6.07) is 3.37. The van der Waals surface area contributed by atoms with Crippen LogP contribution in [-0.2, 0) is 11.2 Å². The molecule has 24 heavy (non-hydrogen) atoms. The molecule has 3 aromatic rings. The molecule has 0 spiro atoms. The van der Waals surface area contributed by atoms with Crippen molar-refractivity contribution in [2.75, 3.05) is 26.6 Å². The molecule has 1 amide bonds. The number of fused-ring (bicyclic) bond motifs is 1. The molecule has 3 rings (SSSR count). The van der Waals surface area contributed by atoms with Crippen LogP contribution in [-0.4, -0.2) is 36.6 Å². The molecule has 7 nitrogen and oxygen atoms in total. The van der Waals surface area contributed by atoms with Gasteiger partial charge in [0.25, 0.3) is 0 Å². The smallest absolute Gasteiger partial charge is 0.230 e. The third-order valence-corrected chi connectivity index (χ3v) is 4.20. The molecule has 0 unspecified atom stereocenters. The van der Waals surface area contributed by atoms with Crippen molar-refractivity contribution in [1.29, 1.82) is 0 Å². The SMILES string of the molecule is COc1cc(NC(=O)Cc2cn3ccsc3n2)cc(OC)c1OC. The van der Waals surface area contributed by atoms with Gasteiger partial charge in [-0.1, -0.05) is 0 Å². The first-order chi connectivity index (χ1) is 11.6. The maximum Gasteiger partial charge on any atom is 0.230 e. The summed E-state index contributed by atoms with van der Waals surface area (Å²) in [6.07, 6.45) is 3.94. The van der Waals surface area contributed by atoms with Crippen LogP contribution in [0, 0.1) is 0 Å². The maximum atomic E-state index is 12.3. The number of amides is 1. The summed E-state index contributed by atoms with van der Waals surface area (Å²) in [5.41, 5.74) is 1.28. The van der Waals surface area contributed by atoms with Gasteiger partial charge in [0, 0.05) is 35.6 Å². The zero-order valence-electron chi connectivity index (χ0n) is 13.5. The molecular formula is C16H17N3O4S. The Balaban J connectivity index is 1.77.